The number of hydrogen-bond donors (Lipinski definition) is 1. The topological polar surface area (TPSA) is 46.3 Å². The molecule has 0 atom stereocenters. The summed E-state index contributed by atoms with van der Waals surface area (Å²) in [5.41, 5.74) is 5.56. The van der Waals surface area contributed by atoms with Crippen LogP contribution in [0.2, 0.25) is 0 Å². The first kappa shape index (κ1) is 14.6. The molecule has 1 amide bonds. The van der Waals surface area contributed by atoms with Crippen molar-refractivity contribution in [2.45, 2.75) is 25.8 Å². The van der Waals surface area contributed by atoms with Gasteiger partial charge in [0, 0.05) is 19.1 Å². The van der Waals surface area contributed by atoms with E-state index < -0.39 is 17.2 Å². The number of rotatable bonds is 4. The van der Waals surface area contributed by atoms with Crippen LogP contribution in [0.4, 0.5) is 8.78 Å². The molecule has 0 fully saturated rings. The highest BCUT2D eigenvalue weighted by atomic mass is 19.2. The van der Waals surface area contributed by atoms with E-state index in [2.05, 4.69) is 0 Å². The zero-order valence-electron chi connectivity index (χ0n) is 10.8. The van der Waals surface area contributed by atoms with Gasteiger partial charge in [0.1, 0.15) is 0 Å². The molecule has 0 aliphatic heterocycles. The van der Waals surface area contributed by atoms with E-state index in [0.717, 1.165) is 12.1 Å². The fourth-order valence-corrected chi connectivity index (χ4v) is 1.42. The molecule has 0 aromatic heterocycles. The summed E-state index contributed by atoms with van der Waals surface area (Å²) in [4.78, 5) is 13.5. The van der Waals surface area contributed by atoms with Crippen molar-refractivity contribution in [3.63, 3.8) is 0 Å². The summed E-state index contributed by atoms with van der Waals surface area (Å²) in [6.45, 7) is 4.01. The highest BCUT2D eigenvalue weighted by molar-refractivity contribution is 5.79. The maximum atomic E-state index is 13.0. The minimum atomic E-state index is -0.943. The first-order valence-corrected chi connectivity index (χ1v) is 5.68. The molecule has 0 unspecified atom stereocenters. The van der Waals surface area contributed by atoms with E-state index >= 15 is 0 Å². The van der Waals surface area contributed by atoms with Gasteiger partial charge in [-0.3, -0.25) is 4.79 Å². The second kappa shape index (κ2) is 5.44. The minimum absolute atomic E-state index is 0.0249. The Balaban J connectivity index is 2.78. The van der Waals surface area contributed by atoms with Crippen molar-refractivity contribution in [1.29, 1.82) is 0 Å². The van der Waals surface area contributed by atoms with Crippen LogP contribution in [0.3, 0.4) is 0 Å². The predicted molar refractivity (Wildman–Crippen MR) is 66.0 cm³/mol. The number of amides is 1. The Labute approximate surface area is 106 Å². The van der Waals surface area contributed by atoms with Gasteiger partial charge in [0.05, 0.1) is 6.42 Å². The van der Waals surface area contributed by atoms with Crippen LogP contribution in [-0.4, -0.2) is 29.9 Å². The van der Waals surface area contributed by atoms with Gasteiger partial charge in [0.15, 0.2) is 11.6 Å². The highest BCUT2D eigenvalue weighted by Crippen LogP contribution is 2.14. The van der Waals surface area contributed by atoms with E-state index in [-0.39, 0.29) is 12.3 Å². The lowest BCUT2D eigenvalue weighted by Gasteiger charge is -2.34. The van der Waals surface area contributed by atoms with Crippen LogP contribution in [0.5, 0.6) is 0 Å². The lowest BCUT2D eigenvalue weighted by atomic mass is 10.0. The van der Waals surface area contributed by atoms with Gasteiger partial charge in [-0.15, -0.1) is 0 Å². The van der Waals surface area contributed by atoms with Gasteiger partial charge in [-0.2, -0.15) is 0 Å². The molecule has 1 aromatic carbocycles. The molecule has 5 heteroatoms. The second-order valence-corrected chi connectivity index (χ2v) is 4.89. The van der Waals surface area contributed by atoms with Crippen LogP contribution in [0, 0.1) is 11.6 Å². The molecule has 0 heterocycles. The van der Waals surface area contributed by atoms with Crippen LogP contribution >= 0.6 is 0 Å². The smallest absolute Gasteiger partial charge is 0.227 e. The summed E-state index contributed by atoms with van der Waals surface area (Å²) >= 11 is 0. The van der Waals surface area contributed by atoms with Gasteiger partial charge in [-0.1, -0.05) is 6.07 Å². The second-order valence-electron chi connectivity index (χ2n) is 4.89. The average molecular weight is 256 g/mol. The summed E-state index contributed by atoms with van der Waals surface area (Å²) < 4.78 is 25.8. The zero-order chi connectivity index (χ0) is 13.9. The van der Waals surface area contributed by atoms with Gasteiger partial charge < -0.3 is 10.6 Å². The molecule has 0 aliphatic carbocycles. The zero-order valence-corrected chi connectivity index (χ0v) is 10.8. The molecule has 0 radical (unpaired) electrons. The van der Waals surface area contributed by atoms with Gasteiger partial charge in [-0.05, 0) is 31.5 Å². The summed E-state index contributed by atoms with van der Waals surface area (Å²) in [5.74, 6) is -2.04. The molecule has 1 aromatic rings. The SMILES string of the molecule is CN(C(=O)Cc1ccc(F)c(F)c1)C(C)(C)CN. The Kier molecular flexibility index (Phi) is 4.40. The fourth-order valence-electron chi connectivity index (χ4n) is 1.42. The van der Waals surface area contributed by atoms with E-state index in [1.54, 1.807) is 7.05 Å². The summed E-state index contributed by atoms with van der Waals surface area (Å²) in [6.07, 6.45) is 0.0249. The third-order valence-corrected chi connectivity index (χ3v) is 3.12. The highest BCUT2D eigenvalue weighted by Gasteiger charge is 2.25. The number of carbonyl (C=O) groups excluding carboxylic acids is 1. The van der Waals surface area contributed by atoms with Gasteiger partial charge in [0.2, 0.25) is 5.91 Å². The molecule has 18 heavy (non-hydrogen) atoms. The van der Waals surface area contributed by atoms with Crippen molar-refractivity contribution < 1.29 is 13.6 Å². The summed E-state index contributed by atoms with van der Waals surface area (Å²) in [6, 6.07) is 3.46. The van der Waals surface area contributed by atoms with Crippen LogP contribution in [0.25, 0.3) is 0 Å². The molecular weight excluding hydrogens is 238 g/mol. The van der Waals surface area contributed by atoms with Crippen LogP contribution < -0.4 is 5.73 Å². The maximum Gasteiger partial charge on any atom is 0.227 e. The Bertz CT molecular complexity index is 447. The molecule has 0 bridgehead atoms. The average Bonchev–Trinajstić information content (AvgIpc) is 2.32. The standard InChI is InChI=1S/C13H18F2N2O/c1-13(2,8-16)17(3)12(18)7-9-4-5-10(14)11(15)6-9/h4-6H,7-8,16H2,1-3H3. The van der Waals surface area contributed by atoms with Crippen molar-refractivity contribution >= 4 is 5.91 Å². The molecule has 2 N–H and O–H groups in total. The Morgan fingerprint density at radius 2 is 1.94 bits per heavy atom. The van der Waals surface area contributed by atoms with Crippen molar-refractivity contribution in [2.24, 2.45) is 5.73 Å². The van der Waals surface area contributed by atoms with E-state index in [4.69, 9.17) is 5.73 Å². The van der Waals surface area contributed by atoms with Crippen LogP contribution in [-0.2, 0) is 11.2 Å². The van der Waals surface area contributed by atoms with Crippen molar-refractivity contribution in [1.82, 2.24) is 4.90 Å². The molecule has 0 saturated heterocycles. The number of hydrogen-bond acceptors (Lipinski definition) is 2. The maximum absolute atomic E-state index is 13.0. The largest absolute Gasteiger partial charge is 0.339 e. The van der Waals surface area contributed by atoms with E-state index in [0.29, 0.717) is 12.1 Å². The minimum Gasteiger partial charge on any atom is -0.339 e. The number of benzene rings is 1. The number of nitrogens with zero attached hydrogens (tertiary/aromatic N) is 1. The van der Waals surface area contributed by atoms with Gasteiger partial charge in [0.25, 0.3) is 0 Å². The molecule has 0 aliphatic rings. The summed E-state index contributed by atoms with van der Waals surface area (Å²) in [7, 11) is 1.65. The molecular formula is C13H18F2N2O. The lowest BCUT2D eigenvalue weighted by molar-refractivity contribution is -0.133. The van der Waals surface area contributed by atoms with Gasteiger partial charge >= 0.3 is 0 Å². The molecule has 3 nitrogen and oxygen atoms in total. The number of nitrogens with two attached hydrogens (primary N) is 1. The molecule has 0 spiro atoms. The van der Waals surface area contributed by atoms with E-state index in [9.17, 15) is 13.6 Å². The predicted octanol–water partition coefficient (Wildman–Crippen LogP) is 1.70. The number of carbonyl (C=O) groups is 1. The summed E-state index contributed by atoms with van der Waals surface area (Å²) in [5, 5.41) is 0. The Morgan fingerprint density at radius 1 is 1.33 bits per heavy atom. The molecule has 1 rings (SSSR count). The Morgan fingerprint density at radius 3 is 2.44 bits per heavy atom. The van der Waals surface area contributed by atoms with Crippen LogP contribution in [0.15, 0.2) is 18.2 Å². The van der Waals surface area contributed by atoms with E-state index in [1.165, 1.54) is 11.0 Å². The van der Waals surface area contributed by atoms with Crippen molar-refractivity contribution in [2.75, 3.05) is 13.6 Å². The normalized spacial score (nSPS) is 11.4. The lowest BCUT2D eigenvalue weighted by Crippen LogP contribution is -2.50. The Hall–Kier alpha value is -1.49. The number of halogens is 2. The molecule has 0 saturated carbocycles. The van der Waals surface area contributed by atoms with E-state index in [1.807, 2.05) is 13.8 Å². The van der Waals surface area contributed by atoms with Crippen molar-refractivity contribution in [3.8, 4) is 0 Å². The number of likely N-dealkylation sites (N-methyl/N-ethyl adjacent to an activating group) is 1. The molecule has 100 valence electrons. The quantitative estimate of drug-likeness (QED) is 0.891. The van der Waals surface area contributed by atoms with Crippen molar-refractivity contribution in [3.05, 3.63) is 35.4 Å². The third kappa shape index (κ3) is 3.26. The first-order chi connectivity index (χ1) is 8.27. The fraction of sp³-hybridized carbons (Fsp3) is 0.462. The third-order valence-electron chi connectivity index (χ3n) is 3.12. The monoisotopic (exact) mass is 256 g/mol. The van der Waals surface area contributed by atoms with Gasteiger partial charge in [-0.25, -0.2) is 8.78 Å². The van der Waals surface area contributed by atoms with Crippen LogP contribution in [0.1, 0.15) is 19.4 Å². The first-order valence-electron chi connectivity index (χ1n) is 5.68.